The molecule has 20 heavy (non-hydrogen) atoms. The monoisotopic (exact) mass is 335 g/mol. The highest BCUT2D eigenvalue weighted by Gasteiger charge is 2.19. The van der Waals surface area contributed by atoms with Crippen LogP contribution in [0.5, 0.6) is 0 Å². The smallest absolute Gasteiger partial charge is 0.123 e. The van der Waals surface area contributed by atoms with E-state index in [1.807, 2.05) is 12.1 Å². The van der Waals surface area contributed by atoms with Gasteiger partial charge in [0.15, 0.2) is 0 Å². The van der Waals surface area contributed by atoms with E-state index in [0.717, 1.165) is 34.3 Å². The highest BCUT2D eigenvalue weighted by Crippen LogP contribution is 2.33. The lowest BCUT2D eigenvalue weighted by atomic mass is 9.98. The molecule has 1 heterocycles. The zero-order valence-electron chi connectivity index (χ0n) is 10.9. The van der Waals surface area contributed by atoms with Crippen molar-refractivity contribution < 1.29 is 9.50 Å². The molecule has 1 aliphatic heterocycles. The fourth-order valence-corrected chi connectivity index (χ4v) is 3.07. The minimum atomic E-state index is -0.645. The third-order valence-electron chi connectivity index (χ3n) is 3.66. The summed E-state index contributed by atoms with van der Waals surface area (Å²) >= 11 is 3.40. The lowest BCUT2D eigenvalue weighted by Crippen LogP contribution is -2.06. The molecule has 0 saturated heterocycles. The minimum absolute atomic E-state index is 0.285. The van der Waals surface area contributed by atoms with E-state index in [9.17, 15) is 9.50 Å². The number of hydrogen-bond donors (Lipinski definition) is 2. The molecule has 0 fully saturated rings. The van der Waals surface area contributed by atoms with E-state index >= 15 is 0 Å². The number of halogens is 2. The molecule has 2 aromatic carbocycles. The molecule has 0 saturated carbocycles. The summed E-state index contributed by atoms with van der Waals surface area (Å²) < 4.78 is 14.1. The van der Waals surface area contributed by atoms with Crippen molar-refractivity contribution in [2.45, 2.75) is 18.9 Å². The first-order valence-electron chi connectivity index (χ1n) is 6.63. The molecule has 1 unspecified atom stereocenters. The van der Waals surface area contributed by atoms with Crippen molar-refractivity contribution in [1.29, 1.82) is 0 Å². The van der Waals surface area contributed by atoms with E-state index < -0.39 is 6.10 Å². The van der Waals surface area contributed by atoms with Gasteiger partial charge in [-0.05, 0) is 35.7 Å². The van der Waals surface area contributed by atoms with Gasteiger partial charge in [0.05, 0.1) is 6.10 Å². The van der Waals surface area contributed by atoms with Crippen LogP contribution in [0.15, 0.2) is 40.9 Å². The Morgan fingerprint density at radius 1 is 1.30 bits per heavy atom. The number of aliphatic hydroxyl groups excluding tert-OH is 1. The van der Waals surface area contributed by atoms with Gasteiger partial charge in [0.25, 0.3) is 0 Å². The third-order valence-corrected chi connectivity index (χ3v) is 4.43. The average molecular weight is 336 g/mol. The Morgan fingerprint density at radius 2 is 2.15 bits per heavy atom. The van der Waals surface area contributed by atoms with E-state index in [0.29, 0.717) is 6.42 Å². The van der Waals surface area contributed by atoms with Crippen molar-refractivity contribution in [3.63, 3.8) is 0 Å². The van der Waals surface area contributed by atoms with Gasteiger partial charge in [-0.1, -0.05) is 34.1 Å². The highest BCUT2D eigenvalue weighted by molar-refractivity contribution is 9.10. The normalized spacial score (nSPS) is 14.8. The summed E-state index contributed by atoms with van der Waals surface area (Å²) in [6, 6.07) is 10.5. The largest absolute Gasteiger partial charge is 0.388 e. The molecule has 3 rings (SSSR count). The van der Waals surface area contributed by atoms with Gasteiger partial charge in [-0.3, -0.25) is 0 Å². The minimum Gasteiger partial charge on any atom is -0.388 e. The van der Waals surface area contributed by atoms with Crippen LogP contribution in [0.2, 0.25) is 0 Å². The van der Waals surface area contributed by atoms with E-state index in [4.69, 9.17) is 0 Å². The molecule has 0 amide bonds. The third kappa shape index (κ3) is 2.58. The van der Waals surface area contributed by atoms with Crippen LogP contribution >= 0.6 is 15.9 Å². The first kappa shape index (κ1) is 13.6. The standard InChI is InChI=1S/C16H15BrFNO/c17-14-5-4-12(18)8-11(14)9-15(20)13-3-1-2-10-6-7-19-16(10)13/h1-5,8,15,19-20H,6-7,9H2. The lowest BCUT2D eigenvalue weighted by Gasteiger charge is -2.16. The summed E-state index contributed by atoms with van der Waals surface area (Å²) in [5.41, 5.74) is 3.93. The van der Waals surface area contributed by atoms with Gasteiger partial charge in [-0.15, -0.1) is 0 Å². The molecule has 2 nitrogen and oxygen atoms in total. The Kier molecular flexibility index (Phi) is 3.76. The van der Waals surface area contributed by atoms with Crippen molar-refractivity contribution in [3.05, 3.63) is 63.4 Å². The van der Waals surface area contributed by atoms with Gasteiger partial charge in [0.1, 0.15) is 5.82 Å². The summed E-state index contributed by atoms with van der Waals surface area (Å²) in [5, 5.41) is 13.8. The van der Waals surface area contributed by atoms with Crippen LogP contribution in [0, 0.1) is 5.82 Å². The summed E-state index contributed by atoms with van der Waals surface area (Å²) in [4.78, 5) is 0. The molecule has 0 aromatic heterocycles. The average Bonchev–Trinajstić information content (AvgIpc) is 2.91. The van der Waals surface area contributed by atoms with E-state index in [-0.39, 0.29) is 5.82 Å². The Morgan fingerprint density at radius 3 is 3.00 bits per heavy atom. The van der Waals surface area contributed by atoms with Crippen LogP contribution in [-0.2, 0) is 12.8 Å². The van der Waals surface area contributed by atoms with E-state index in [2.05, 4.69) is 27.3 Å². The fraction of sp³-hybridized carbons (Fsp3) is 0.250. The van der Waals surface area contributed by atoms with Crippen LogP contribution in [0.4, 0.5) is 10.1 Å². The second-order valence-corrected chi connectivity index (χ2v) is 5.87. The Hall–Kier alpha value is -1.39. The van der Waals surface area contributed by atoms with Crippen LogP contribution in [-0.4, -0.2) is 11.7 Å². The highest BCUT2D eigenvalue weighted by atomic mass is 79.9. The van der Waals surface area contributed by atoms with Crippen molar-refractivity contribution in [3.8, 4) is 0 Å². The molecule has 0 aliphatic carbocycles. The molecule has 2 aromatic rings. The fourth-order valence-electron chi connectivity index (χ4n) is 2.66. The Bertz CT molecular complexity index is 644. The predicted molar refractivity (Wildman–Crippen MR) is 81.4 cm³/mol. The van der Waals surface area contributed by atoms with Crippen LogP contribution in [0.1, 0.15) is 22.8 Å². The summed E-state index contributed by atoms with van der Waals surface area (Å²) in [6.07, 6.45) is 0.726. The van der Waals surface area contributed by atoms with Crippen molar-refractivity contribution in [2.24, 2.45) is 0 Å². The maximum atomic E-state index is 13.3. The molecule has 2 N–H and O–H groups in total. The first-order valence-corrected chi connectivity index (χ1v) is 7.42. The number of rotatable bonds is 3. The SMILES string of the molecule is OC(Cc1cc(F)ccc1Br)c1cccc2c1NCC2. The number of hydrogen-bond acceptors (Lipinski definition) is 2. The molecule has 1 aliphatic rings. The number of para-hydroxylation sites is 1. The summed E-state index contributed by atoms with van der Waals surface area (Å²) in [7, 11) is 0. The predicted octanol–water partition coefficient (Wildman–Crippen LogP) is 3.83. The van der Waals surface area contributed by atoms with Crippen LogP contribution < -0.4 is 5.32 Å². The maximum absolute atomic E-state index is 13.3. The number of aliphatic hydroxyl groups is 1. The van der Waals surface area contributed by atoms with Crippen LogP contribution in [0.3, 0.4) is 0 Å². The molecule has 104 valence electrons. The van der Waals surface area contributed by atoms with Crippen molar-refractivity contribution in [2.75, 3.05) is 11.9 Å². The quantitative estimate of drug-likeness (QED) is 0.893. The number of anilines is 1. The van der Waals surface area contributed by atoms with Gasteiger partial charge in [-0.2, -0.15) is 0 Å². The topological polar surface area (TPSA) is 32.3 Å². The number of benzene rings is 2. The first-order chi connectivity index (χ1) is 9.65. The van der Waals surface area contributed by atoms with Gasteiger partial charge >= 0.3 is 0 Å². The summed E-state index contributed by atoms with van der Waals surface area (Å²) in [6.45, 7) is 0.905. The molecular weight excluding hydrogens is 321 g/mol. The second-order valence-electron chi connectivity index (χ2n) is 5.01. The Labute approximate surface area is 125 Å². The van der Waals surface area contributed by atoms with E-state index in [1.165, 1.54) is 17.7 Å². The van der Waals surface area contributed by atoms with Crippen molar-refractivity contribution >= 4 is 21.6 Å². The number of fused-ring (bicyclic) bond motifs is 1. The zero-order chi connectivity index (χ0) is 14.1. The van der Waals surface area contributed by atoms with Gasteiger partial charge in [0.2, 0.25) is 0 Å². The molecule has 0 spiro atoms. The molecular formula is C16H15BrFNO. The maximum Gasteiger partial charge on any atom is 0.123 e. The Balaban J connectivity index is 1.88. The molecule has 1 atom stereocenters. The molecule has 4 heteroatoms. The van der Waals surface area contributed by atoms with Crippen LogP contribution in [0.25, 0.3) is 0 Å². The zero-order valence-corrected chi connectivity index (χ0v) is 12.5. The van der Waals surface area contributed by atoms with Crippen molar-refractivity contribution in [1.82, 2.24) is 0 Å². The second kappa shape index (κ2) is 5.54. The van der Waals surface area contributed by atoms with E-state index in [1.54, 1.807) is 6.07 Å². The summed E-state index contributed by atoms with van der Waals surface area (Å²) in [5.74, 6) is -0.285. The molecule has 0 bridgehead atoms. The van der Waals surface area contributed by atoms with Gasteiger partial charge in [0, 0.05) is 28.7 Å². The lowest BCUT2D eigenvalue weighted by molar-refractivity contribution is 0.179. The molecule has 0 radical (unpaired) electrons. The van der Waals surface area contributed by atoms with Gasteiger partial charge < -0.3 is 10.4 Å². The van der Waals surface area contributed by atoms with Gasteiger partial charge in [-0.25, -0.2) is 4.39 Å². The number of nitrogens with one attached hydrogen (secondary N) is 1.